The predicted octanol–water partition coefficient (Wildman–Crippen LogP) is 3.76. The monoisotopic (exact) mass is 554 g/mol. The number of hydrogen-bond acceptors (Lipinski definition) is 7. The molecular weight excluding hydrogens is 519 g/mol. The van der Waals surface area contributed by atoms with Gasteiger partial charge in [0.1, 0.15) is 6.67 Å². The second-order valence-electron chi connectivity index (χ2n) is 10.0. The Morgan fingerprint density at radius 2 is 1.79 bits per heavy atom. The van der Waals surface area contributed by atoms with E-state index in [1.807, 2.05) is 48.5 Å². The summed E-state index contributed by atoms with van der Waals surface area (Å²) in [6.07, 6.45) is 2.36. The first-order valence-electron chi connectivity index (χ1n) is 12.9. The molecule has 10 heteroatoms. The van der Waals surface area contributed by atoms with Gasteiger partial charge >= 0.3 is 0 Å². The van der Waals surface area contributed by atoms with Gasteiger partial charge in [0.05, 0.1) is 17.8 Å². The smallest absolute Gasteiger partial charge is 0.293 e. The summed E-state index contributed by atoms with van der Waals surface area (Å²) in [5, 5.41) is 16.7. The predicted molar refractivity (Wildman–Crippen MR) is 153 cm³/mol. The third-order valence-electron chi connectivity index (χ3n) is 6.83. The molecule has 3 unspecified atom stereocenters. The van der Waals surface area contributed by atoms with E-state index in [2.05, 4.69) is 32.4 Å². The molecule has 0 aliphatic carbocycles. The van der Waals surface area contributed by atoms with Crippen LogP contribution in [0.15, 0.2) is 59.7 Å². The number of benzene rings is 2. The molecule has 4 rings (SSSR count). The van der Waals surface area contributed by atoms with Gasteiger partial charge in [-0.25, -0.2) is 9.37 Å². The van der Waals surface area contributed by atoms with E-state index in [0.29, 0.717) is 36.7 Å². The quantitative estimate of drug-likeness (QED) is 0.211. The summed E-state index contributed by atoms with van der Waals surface area (Å²) < 4.78 is 32.6. The molecule has 1 aliphatic heterocycles. The molecule has 2 aromatic carbocycles. The summed E-state index contributed by atoms with van der Waals surface area (Å²) in [6.45, 7) is 2.38. The van der Waals surface area contributed by atoms with Crippen molar-refractivity contribution in [2.75, 3.05) is 24.7 Å². The fraction of sp³-hybridized carbons (Fsp3) is 0.379. The van der Waals surface area contributed by atoms with Crippen LogP contribution in [-0.4, -0.2) is 61.0 Å². The molecule has 0 bridgehead atoms. The number of nitrogens with one attached hydrogen (secondary N) is 3. The largest absolute Gasteiger partial charge is 0.502 e. The van der Waals surface area contributed by atoms with Gasteiger partial charge in [0, 0.05) is 54.4 Å². The summed E-state index contributed by atoms with van der Waals surface area (Å²) in [6, 6.07) is 15.5. The molecule has 0 spiro atoms. The number of nitrogens with zero attached hydrogens (tertiary/aromatic N) is 1. The third kappa shape index (κ3) is 8.39. The minimum atomic E-state index is -2.40. The zero-order valence-corrected chi connectivity index (χ0v) is 22.7. The molecule has 3 aromatic rings. The second-order valence-corrected chi connectivity index (χ2v) is 12.3. The lowest BCUT2D eigenvalue weighted by Crippen LogP contribution is -2.32. The van der Waals surface area contributed by atoms with E-state index in [4.69, 9.17) is 0 Å². The number of aromatic hydroxyl groups is 1. The van der Waals surface area contributed by atoms with Crippen molar-refractivity contribution >= 4 is 10.6 Å². The average Bonchev–Trinajstić information content (AvgIpc) is 3.30. The van der Waals surface area contributed by atoms with Crippen LogP contribution in [0.3, 0.4) is 0 Å². The highest BCUT2D eigenvalue weighted by Gasteiger charge is 2.27. The minimum Gasteiger partial charge on any atom is -0.502 e. The van der Waals surface area contributed by atoms with Gasteiger partial charge in [-0.05, 0) is 48.7 Å². The van der Waals surface area contributed by atoms with Crippen molar-refractivity contribution in [3.05, 3.63) is 93.2 Å². The molecule has 0 amide bonds. The van der Waals surface area contributed by atoms with Crippen molar-refractivity contribution in [2.45, 2.75) is 44.3 Å². The lowest BCUT2D eigenvalue weighted by Gasteiger charge is -2.26. The number of rotatable bonds is 10. The zero-order chi connectivity index (χ0) is 27.8. The number of H-pyrrole nitrogens is 1. The van der Waals surface area contributed by atoms with Crippen LogP contribution in [0.1, 0.15) is 47.2 Å². The highest BCUT2D eigenvalue weighted by Crippen LogP contribution is 2.45. The molecule has 3 atom stereocenters. The van der Waals surface area contributed by atoms with E-state index >= 15 is 0 Å². The number of alkyl halides is 1. The van der Waals surface area contributed by atoms with Crippen LogP contribution in [0.5, 0.6) is 5.75 Å². The normalized spacial score (nSPS) is 18.6. The van der Waals surface area contributed by atoms with E-state index in [0.717, 1.165) is 28.7 Å². The summed E-state index contributed by atoms with van der Waals surface area (Å²) in [7, 11) is -2.40. The van der Waals surface area contributed by atoms with Gasteiger partial charge in [0.2, 0.25) is 5.75 Å². The Labute approximate surface area is 229 Å². The van der Waals surface area contributed by atoms with Crippen molar-refractivity contribution in [1.82, 2.24) is 20.6 Å². The molecule has 0 saturated carbocycles. The third-order valence-corrected chi connectivity index (χ3v) is 8.66. The SMILES string of the molecule is CC(CF)NCC(Cc1nc[nH]c(=O)c1O)c1ccc(C#Cc2ccc(CNC3CCS(O)(O)C3)cc2)cc1. The molecule has 0 radical (unpaired) electrons. The highest BCUT2D eigenvalue weighted by atomic mass is 32.3. The van der Waals surface area contributed by atoms with E-state index in [1.54, 1.807) is 6.92 Å². The van der Waals surface area contributed by atoms with Crippen molar-refractivity contribution in [3.8, 4) is 17.6 Å². The minimum absolute atomic E-state index is 0.136. The Bertz CT molecular complexity index is 1350. The van der Waals surface area contributed by atoms with Crippen molar-refractivity contribution < 1.29 is 18.6 Å². The van der Waals surface area contributed by atoms with Crippen LogP contribution in [-0.2, 0) is 13.0 Å². The number of aromatic nitrogens is 2. The van der Waals surface area contributed by atoms with Crippen LogP contribution in [0.4, 0.5) is 4.39 Å². The lowest BCUT2D eigenvalue weighted by atomic mass is 9.92. The topological polar surface area (TPSA) is 130 Å². The summed E-state index contributed by atoms with van der Waals surface area (Å²) in [5.41, 5.74) is 3.49. The van der Waals surface area contributed by atoms with Gasteiger partial charge in [-0.2, -0.15) is 10.6 Å². The summed E-state index contributed by atoms with van der Waals surface area (Å²) in [4.78, 5) is 18.3. The maximum absolute atomic E-state index is 13.0. The standard InChI is InChI=1S/C29H35FN4O4S/c1-20(15-30)31-17-25(14-27-28(35)29(36)34-19-33-27)24-10-8-22(9-11-24)3-2-21-4-6-23(7-5-21)16-32-26-12-13-39(37,38)18-26/h4-11,19-20,25-26,31-32,35,37-38H,12-18H2,1H3,(H,33,34,36). The van der Waals surface area contributed by atoms with Crippen LogP contribution in [0, 0.1) is 11.8 Å². The Balaban J connectivity index is 1.39. The van der Waals surface area contributed by atoms with Crippen LogP contribution in [0.25, 0.3) is 0 Å². The molecule has 39 heavy (non-hydrogen) atoms. The second kappa shape index (κ2) is 13.2. The van der Waals surface area contributed by atoms with E-state index < -0.39 is 28.6 Å². The molecule has 6 N–H and O–H groups in total. The first kappa shape index (κ1) is 28.8. The van der Waals surface area contributed by atoms with Gasteiger partial charge < -0.3 is 20.7 Å². The fourth-order valence-electron chi connectivity index (χ4n) is 4.45. The van der Waals surface area contributed by atoms with E-state index in [-0.39, 0.29) is 18.0 Å². The molecule has 1 aliphatic rings. The van der Waals surface area contributed by atoms with E-state index in [1.165, 1.54) is 6.33 Å². The number of halogens is 1. The maximum atomic E-state index is 13.0. The number of hydrogen-bond donors (Lipinski definition) is 6. The van der Waals surface area contributed by atoms with Crippen LogP contribution < -0.4 is 16.2 Å². The molecule has 8 nitrogen and oxygen atoms in total. The Kier molecular flexibility index (Phi) is 9.78. The molecule has 208 valence electrons. The van der Waals surface area contributed by atoms with Gasteiger partial charge in [-0.15, -0.1) is 0 Å². The molecule has 1 saturated heterocycles. The fourth-order valence-corrected chi connectivity index (χ4v) is 6.21. The molecular formula is C29H35FN4O4S. The van der Waals surface area contributed by atoms with Crippen molar-refractivity contribution in [3.63, 3.8) is 0 Å². The first-order valence-corrected chi connectivity index (χ1v) is 14.8. The van der Waals surface area contributed by atoms with Crippen molar-refractivity contribution in [1.29, 1.82) is 0 Å². The van der Waals surface area contributed by atoms with E-state index in [9.17, 15) is 23.4 Å². The highest BCUT2D eigenvalue weighted by molar-refractivity contribution is 8.24. The Hall–Kier alpha value is -3.20. The number of aromatic amines is 1. The zero-order valence-electron chi connectivity index (χ0n) is 21.9. The summed E-state index contributed by atoms with van der Waals surface area (Å²) >= 11 is 0. The Morgan fingerprint density at radius 1 is 1.13 bits per heavy atom. The van der Waals surface area contributed by atoms with Crippen molar-refractivity contribution in [2.24, 2.45) is 0 Å². The first-order chi connectivity index (χ1) is 18.7. The van der Waals surface area contributed by atoms with Gasteiger partial charge in [-0.1, -0.05) is 36.1 Å². The lowest BCUT2D eigenvalue weighted by molar-refractivity contribution is 0.381. The summed E-state index contributed by atoms with van der Waals surface area (Å²) in [5.74, 6) is 6.72. The molecule has 1 aromatic heterocycles. The average molecular weight is 555 g/mol. The van der Waals surface area contributed by atoms with Crippen LogP contribution >= 0.6 is 10.6 Å². The molecule has 2 heterocycles. The van der Waals surface area contributed by atoms with Gasteiger partial charge in [0.15, 0.2) is 0 Å². The molecule has 1 fully saturated rings. The Morgan fingerprint density at radius 3 is 2.41 bits per heavy atom. The van der Waals surface area contributed by atoms with Gasteiger partial charge in [0.25, 0.3) is 5.56 Å². The maximum Gasteiger partial charge on any atom is 0.293 e. The van der Waals surface area contributed by atoms with Gasteiger partial charge in [-0.3, -0.25) is 13.9 Å². The van der Waals surface area contributed by atoms with Crippen LogP contribution in [0.2, 0.25) is 0 Å².